The van der Waals surface area contributed by atoms with Crippen LogP contribution in [0.2, 0.25) is 0 Å². The number of carbonyl (C=O) groups excluding carboxylic acids is 1. The second-order valence-electron chi connectivity index (χ2n) is 9.79. The summed E-state index contributed by atoms with van der Waals surface area (Å²) in [6.07, 6.45) is 0. The van der Waals surface area contributed by atoms with Crippen LogP contribution < -0.4 is 4.74 Å². The van der Waals surface area contributed by atoms with E-state index in [9.17, 15) is 13.2 Å². The first kappa shape index (κ1) is 25.2. The van der Waals surface area contributed by atoms with Gasteiger partial charge in [0.15, 0.2) is 0 Å². The van der Waals surface area contributed by atoms with Crippen molar-refractivity contribution in [2.24, 2.45) is 0 Å². The maximum atomic E-state index is 13.4. The summed E-state index contributed by atoms with van der Waals surface area (Å²) in [4.78, 5) is 17.6. The van der Waals surface area contributed by atoms with Crippen LogP contribution in [0.5, 0.6) is 5.75 Å². The van der Waals surface area contributed by atoms with Crippen LogP contribution >= 0.6 is 0 Å². The molecular weight excluding hydrogens is 488 g/mol. The molecule has 3 aromatic carbocycles. The smallest absolute Gasteiger partial charge is 0.279 e. The summed E-state index contributed by atoms with van der Waals surface area (Å²) in [5.74, 6) is 1.46. The fraction of sp³-hybridized carbons (Fsp3) is 0.357. The molecule has 2 aliphatic rings. The zero-order chi connectivity index (χ0) is 26.3. The summed E-state index contributed by atoms with van der Waals surface area (Å²) in [6.45, 7) is 5.03. The van der Waals surface area contributed by atoms with Crippen molar-refractivity contribution in [3.8, 4) is 5.75 Å². The molecule has 194 valence electrons. The van der Waals surface area contributed by atoms with E-state index in [2.05, 4.69) is 23.6 Å². The van der Waals surface area contributed by atoms with Crippen LogP contribution in [0.3, 0.4) is 0 Å². The number of likely N-dealkylation sites (N-methyl/N-ethyl adjacent to an activating group) is 2. The van der Waals surface area contributed by atoms with Gasteiger partial charge in [0.05, 0.1) is 37.2 Å². The van der Waals surface area contributed by atoms with Gasteiger partial charge in [0.2, 0.25) is 10.0 Å². The number of sulfonamides is 1. The summed E-state index contributed by atoms with van der Waals surface area (Å²) in [5, 5.41) is 1.91. The molecule has 2 heterocycles. The van der Waals surface area contributed by atoms with Crippen LogP contribution in [0.25, 0.3) is 10.8 Å². The molecule has 5 rings (SSSR count). The standard InChI is InChI=1S/C28H33N4O4S/c1-20-5-6-22-18-24(9-7-21(22)17-20)37(34,35)32-15-13-31(14-16-32)28(33)25-10-8-23(19-26(25)36-4)27-29(2)11-12-30(27)3/h5-10,17-19H,11-16H2,1-4H3/q+1. The highest BCUT2D eigenvalue weighted by Crippen LogP contribution is 2.26. The molecule has 1 fully saturated rings. The molecule has 1 amide bonds. The molecule has 9 heteroatoms. The number of nitrogens with zero attached hydrogens (tertiary/aromatic N) is 4. The van der Waals surface area contributed by atoms with Gasteiger partial charge in [-0.05, 0) is 48.0 Å². The SMILES string of the molecule is COc1cc(C2=[N+](C)CCN2C)ccc1C(=O)N1CCN(S(=O)(=O)c2ccc3cc(C)ccc3c2)CC1. The van der Waals surface area contributed by atoms with Crippen molar-refractivity contribution in [3.05, 3.63) is 71.3 Å². The molecule has 1 saturated heterocycles. The van der Waals surface area contributed by atoms with E-state index in [1.807, 2.05) is 49.4 Å². The molecule has 0 aliphatic carbocycles. The third-order valence-electron chi connectivity index (χ3n) is 7.31. The van der Waals surface area contributed by atoms with E-state index >= 15 is 0 Å². The van der Waals surface area contributed by atoms with Gasteiger partial charge in [0.25, 0.3) is 11.7 Å². The Labute approximate surface area is 218 Å². The van der Waals surface area contributed by atoms with Crippen molar-refractivity contribution >= 4 is 32.5 Å². The van der Waals surface area contributed by atoms with Crippen LogP contribution in [0, 0.1) is 6.92 Å². The molecule has 0 spiro atoms. The second-order valence-corrected chi connectivity index (χ2v) is 11.7. The summed E-state index contributed by atoms with van der Waals surface area (Å²) >= 11 is 0. The van der Waals surface area contributed by atoms with Crippen molar-refractivity contribution in [2.75, 3.05) is 60.5 Å². The maximum Gasteiger partial charge on any atom is 0.279 e. The van der Waals surface area contributed by atoms with Gasteiger partial charge in [-0.25, -0.2) is 8.42 Å². The van der Waals surface area contributed by atoms with Gasteiger partial charge in [0.1, 0.15) is 18.8 Å². The molecule has 2 aliphatic heterocycles. The summed E-state index contributed by atoms with van der Waals surface area (Å²) < 4.78 is 36.0. The van der Waals surface area contributed by atoms with Gasteiger partial charge in [-0.15, -0.1) is 0 Å². The monoisotopic (exact) mass is 521 g/mol. The van der Waals surface area contributed by atoms with Gasteiger partial charge in [-0.1, -0.05) is 29.8 Å². The van der Waals surface area contributed by atoms with E-state index in [0.717, 1.165) is 40.8 Å². The Balaban J connectivity index is 1.31. The zero-order valence-corrected chi connectivity index (χ0v) is 22.6. The number of hydrogen-bond donors (Lipinski definition) is 0. The van der Waals surface area contributed by atoms with Gasteiger partial charge in [0, 0.05) is 26.2 Å². The Morgan fingerprint density at radius 2 is 1.62 bits per heavy atom. The number of piperazine rings is 1. The molecule has 3 aromatic rings. The Bertz CT molecular complexity index is 1510. The normalized spacial score (nSPS) is 17.1. The average molecular weight is 522 g/mol. The third-order valence-corrected chi connectivity index (χ3v) is 9.21. The number of amides is 1. The Hall–Kier alpha value is -3.43. The summed E-state index contributed by atoms with van der Waals surface area (Å²) in [6, 6.07) is 16.9. The Kier molecular flexibility index (Phi) is 6.68. The minimum Gasteiger partial charge on any atom is -0.496 e. The van der Waals surface area contributed by atoms with Crippen LogP contribution in [0.4, 0.5) is 0 Å². The van der Waals surface area contributed by atoms with Crippen molar-refractivity contribution in [3.63, 3.8) is 0 Å². The Morgan fingerprint density at radius 1 is 0.919 bits per heavy atom. The third kappa shape index (κ3) is 4.69. The van der Waals surface area contributed by atoms with Gasteiger partial charge in [-0.3, -0.25) is 14.3 Å². The average Bonchev–Trinajstić information content (AvgIpc) is 3.25. The molecule has 37 heavy (non-hydrogen) atoms. The number of carbonyl (C=O) groups is 1. The van der Waals surface area contributed by atoms with Gasteiger partial charge < -0.3 is 9.64 Å². The van der Waals surface area contributed by atoms with E-state index in [-0.39, 0.29) is 23.9 Å². The molecule has 0 atom stereocenters. The largest absolute Gasteiger partial charge is 0.496 e. The lowest BCUT2D eigenvalue weighted by Crippen LogP contribution is -2.50. The predicted molar refractivity (Wildman–Crippen MR) is 144 cm³/mol. The fourth-order valence-corrected chi connectivity index (χ4v) is 6.66. The first-order chi connectivity index (χ1) is 17.7. The van der Waals surface area contributed by atoms with Gasteiger partial charge >= 0.3 is 0 Å². The number of benzene rings is 3. The number of aryl methyl sites for hydroxylation is 1. The zero-order valence-electron chi connectivity index (χ0n) is 21.8. The molecular formula is C28H33N4O4S+. The highest BCUT2D eigenvalue weighted by molar-refractivity contribution is 7.89. The molecule has 0 N–H and O–H groups in total. The fourth-order valence-electron chi connectivity index (χ4n) is 5.21. The lowest BCUT2D eigenvalue weighted by Gasteiger charge is -2.34. The second kappa shape index (κ2) is 9.79. The first-order valence-corrected chi connectivity index (χ1v) is 13.9. The van der Waals surface area contributed by atoms with E-state index in [1.165, 1.54) is 4.31 Å². The van der Waals surface area contributed by atoms with Crippen LogP contribution in [0.15, 0.2) is 59.5 Å². The highest BCUT2D eigenvalue weighted by Gasteiger charge is 2.32. The summed E-state index contributed by atoms with van der Waals surface area (Å²) in [7, 11) is 2.01. The number of hydrogen-bond acceptors (Lipinski definition) is 5. The molecule has 0 radical (unpaired) electrons. The highest BCUT2D eigenvalue weighted by atomic mass is 32.2. The topological polar surface area (TPSA) is 73.2 Å². The first-order valence-electron chi connectivity index (χ1n) is 12.5. The minimum atomic E-state index is -3.66. The van der Waals surface area contributed by atoms with E-state index in [1.54, 1.807) is 24.1 Å². The lowest BCUT2D eigenvalue weighted by atomic mass is 10.1. The Morgan fingerprint density at radius 3 is 2.30 bits per heavy atom. The van der Waals surface area contributed by atoms with E-state index in [4.69, 9.17) is 4.74 Å². The van der Waals surface area contributed by atoms with Crippen molar-refractivity contribution < 1.29 is 22.5 Å². The molecule has 8 nitrogen and oxygen atoms in total. The quantitative estimate of drug-likeness (QED) is 0.483. The van der Waals surface area contributed by atoms with E-state index in [0.29, 0.717) is 24.4 Å². The molecule has 0 bridgehead atoms. The molecule has 0 aromatic heterocycles. The van der Waals surface area contributed by atoms with Gasteiger partial charge in [-0.2, -0.15) is 4.31 Å². The summed E-state index contributed by atoms with van der Waals surface area (Å²) in [5.41, 5.74) is 2.61. The van der Waals surface area contributed by atoms with Crippen molar-refractivity contribution in [1.82, 2.24) is 14.1 Å². The number of methoxy groups -OCH3 is 1. The maximum absolute atomic E-state index is 13.4. The molecule has 0 unspecified atom stereocenters. The van der Waals surface area contributed by atoms with Crippen molar-refractivity contribution in [1.29, 1.82) is 0 Å². The number of ether oxygens (including phenoxy) is 1. The molecule has 0 saturated carbocycles. The lowest BCUT2D eigenvalue weighted by molar-refractivity contribution is -0.486. The minimum absolute atomic E-state index is 0.153. The van der Waals surface area contributed by atoms with Crippen LogP contribution in [-0.4, -0.2) is 99.3 Å². The van der Waals surface area contributed by atoms with Crippen molar-refractivity contribution in [2.45, 2.75) is 11.8 Å². The van der Waals surface area contributed by atoms with Crippen LogP contribution in [-0.2, 0) is 10.0 Å². The number of fused-ring (bicyclic) bond motifs is 1. The van der Waals surface area contributed by atoms with Crippen LogP contribution in [0.1, 0.15) is 21.5 Å². The number of rotatable bonds is 5. The number of amidine groups is 1. The predicted octanol–water partition coefficient (Wildman–Crippen LogP) is 2.64. The van der Waals surface area contributed by atoms with E-state index < -0.39 is 10.0 Å².